The lowest BCUT2D eigenvalue weighted by Gasteiger charge is -2.20. The molecule has 1 N–H and O–H groups in total. The highest BCUT2D eigenvalue weighted by Gasteiger charge is 2.20. The van der Waals surface area contributed by atoms with Crippen LogP contribution in [-0.2, 0) is 13.1 Å². The Labute approximate surface area is 117 Å². The molecule has 1 aromatic rings. The van der Waals surface area contributed by atoms with E-state index in [1.165, 1.54) is 37.9 Å². The first-order valence-corrected chi connectivity index (χ1v) is 7.59. The topological polar surface area (TPSA) is 33.1 Å². The lowest BCUT2D eigenvalue weighted by atomic mass is 10.2. The van der Waals surface area contributed by atoms with E-state index in [-0.39, 0.29) is 0 Å². The summed E-state index contributed by atoms with van der Waals surface area (Å²) in [5.74, 6) is 0. The molecule has 1 aliphatic carbocycles. The van der Waals surface area contributed by atoms with Crippen molar-refractivity contribution in [1.29, 1.82) is 0 Å². The van der Waals surface area contributed by atoms with Crippen LogP contribution in [0.4, 0.5) is 0 Å². The zero-order valence-electron chi connectivity index (χ0n) is 12.6. The van der Waals surface area contributed by atoms with Crippen molar-refractivity contribution in [3.63, 3.8) is 0 Å². The van der Waals surface area contributed by atoms with E-state index in [9.17, 15) is 0 Å². The van der Waals surface area contributed by atoms with Gasteiger partial charge in [0, 0.05) is 31.4 Å². The number of imidazole rings is 1. The Bertz CT molecular complexity index is 368. The Morgan fingerprint density at radius 2 is 2.21 bits per heavy atom. The van der Waals surface area contributed by atoms with Crippen LogP contribution in [0.2, 0.25) is 0 Å². The minimum absolute atomic E-state index is 0.645. The maximum absolute atomic E-state index is 4.28. The smallest absolute Gasteiger partial charge is 0.0948 e. The molecule has 1 aromatic heterocycles. The molecule has 0 aliphatic heterocycles. The highest BCUT2D eigenvalue weighted by atomic mass is 15.1. The van der Waals surface area contributed by atoms with Crippen LogP contribution in [0.25, 0.3) is 0 Å². The van der Waals surface area contributed by atoms with Crippen LogP contribution in [0.5, 0.6) is 0 Å². The Hall–Kier alpha value is -0.870. The molecule has 1 heterocycles. The van der Waals surface area contributed by atoms with E-state index in [1.54, 1.807) is 0 Å². The molecule has 4 heteroatoms. The van der Waals surface area contributed by atoms with Crippen LogP contribution in [0.15, 0.2) is 12.5 Å². The van der Waals surface area contributed by atoms with Crippen molar-refractivity contribution in [2.24, 2.45) is 0 Å². The molecule has 0 atom stereocenters. The summed E-state index contributed by atoms with van der Waals surface area (Å²) in [4.78, 5) is 6.68. The van der Waals surface area contributed by atoms with E-state index in [0.717, 1.165) is 19.1 Å². The Balaban J connectivity index is 1.65. The molecule has 19 heavy (non-hydrogen) atoms. The number of nitrogens with one attached hydrogen (secondary N) is 1. The van der Waals surface area contributed by atoms with E-state index in [1.807, 2.05) is 12.5 Å². The van der Waals surface area contributed by atoms with Gasteiger partial charge in [0.15, 0.2) is 0 Å². The van der Waals surface area contributed by atoms with Crippen molar-refractivity contribution in [1.82, 2.24) is 19.8 Å². The molecule has 1 aliphatic rings. The summed E-state index contributed by atoms with van der Waals surface area (Å²) in [6.07, 6.45) is 9.13. The molecular formula is C15H28N4. The highest BCUT2D eigenvalue weighted by molar-refractivity contribution is 4.99. The minimum Gasteiger partial charge on any atom is -0.333 e. The van der Waals surface area contributed by atoms with Crippen molar-refractivity contribution in [2.45, 2.75) is 64.7 Å². The number of hydrogen-bond acceptors (Lipinski definition) is 3. The molecule has 0 radical (unpaired) electrons. The monoisotopic (exact) mass is 264 g/mol. The summed E-state index contributed by atoms with van der Waals surface area (Å²) in [6, 6.07) is 1.41. The van der Waals surface area contributed by atoms with Crippen molar-refractivity contribution in [3.05, 3.63) is 18.2 Å². The first-order valence-electron chi connectivity index (χ1n) is 7.59. The number of unbranched alkanes of at least 4 members (excludes halogenated alkanes) is 1. The molecule has 4 nitrogen and oxygen atoms in total. The maximum Gasteiger partial charge on any atom is 0.0948 e. The molecule has 1 fully saturated rings. The molecule has 0 amide bonds. The largest absolute Gasteiger partial charge is 0.333 e. The first-order chi connectivity index (χ1) is 9.16. The summed E-state index contributed by atoms with van der Waals surface area (Å²) in [7, 11) is 2.20. The molecule has 108 valence electrons. The minimum atomic E-state index is 0.645. The molecule has 0 saturated heterocycles. The number of aromatic nitrogens is 2. The standard InChI is InChI=1S/C15H28N4/c1-13(2)18(3)8-4-5-9-19-12-16-10-15(19)11-17-14-6-7-14/h10,12-14,17H,4-9,11H2,1-3H3. The molecule has 0 spiro atoms. The molecule has 0 aromatic carbocycles. The second kappa shape index (κ2) is 7.06. The summed E-state index contributed by atoms with van der Waals surface area (Å²) < 4.78 is 2.30. The summed E-state index contributed by atoms with van der Waals surface area (Å²) >= 11 is 0. The Morgan fingerprint density at radius 3 is 2.89 bits per heavy atom. The van der Waals surface area contributed by atoms with Gasteiger partial charge in [-0.15, -0.1) is 0 Å². The zero-order valence-corrected chi connectivity index (χ0v) is 12.6. The second-order valence-electron chi connectivity index (χ2n) is 6.02. The number of nitrogens with zero attached hydrogens (tertiary/aromatic N) is 3. The lowest BCUT2D eigenvalue weighted by molar-refractivity contribution is 0.266. The summed E-state index contributed by atoms with van der Waals surface area (Å²) in [5, 5.41) is 3.55. The lowest BCUT2D eigenvalue weighted by Crippen LogP contribution is -2.27. The average molecular weight is 264 g/mol. The van der Waals surface area contributed by atoms with Crippen molar-refractivity contribution in [3.8, 4) is 0 Å². The normalized spacial score (nSPS) is 15.6. The van der Waals surface area contributed by atoms with Gasteiger partial charge in [0.2, 0.25) is 0 Å². The fraction of sp³-hybridized carbons (Fsp3) is 0.800. The van der Waals surface area contributed by atoms with Gasteiger partial charge in [-0.25, -0.2) is 4.98 Å². The van der Waals surface area contributed by atoms with Gasteiger partial charge in [0.25, 0.3) is 0 Å². The number of hydrogen-bond donors (Lipinski definition) is 1. The predicted molar refractivity (Wildman–Crippen MR) is 79.1 cm³/mol. The van der Waals surface area contributed by atoms with Gasteiger partial charge in [-0.1, -0.05) is 0 Å². The molecule has 2 rings (SSSR count). The van der Waals surface area contributed by atoms with Crippen LogP contribution in [0.1, 0.15) is 45.2 Å². The van der Waals surface area contributed by atoms with Crippen LogP contribution in [0.3, 0.4) is 0 Å². The fourth-order valence-electron chi connectivity index (χ4n) is 2.13. The number of rotatable bonds is 9. The average Bonchev–Trinajstić information content (AvgIpc) is 3.11. The third-order valence-corrected chi connectivity index (χ3v) is 3.99. The van der Waals surface area contributed by atoms with Gasteiger partial charge >= 0.3 is 0 Å². The van der Waals surface area contributed by atoms with Crippen LogP contribution >= 0.6 is 0 Å². The Kier molecular flexibility index (Phi) is 5.40. The fourth-order valence-corrected chi connectivity index (χ4v) is 2.13. The van der Waals surface area contributed by atoms with E-state index < -0.39 is 0 Å². The molecule has 1 saturated carbocycles. The summed E-state index contributed by atoms with van der Waals surface area (Å²) in [6.45, 7) is 7.74. The molecule has 0 unspecified atom stereocenters. The van der Waals surface area contributed by atoms with Crippen LogP contribution in [0, 0.1) is 0 Å². The van der Waals surface area contributed by atoms with E-state index in [0.29, 0.717) is 6.04 Å². The van der Waals surface area contributed by atoms with E-state index in [4.69, 9.17) is 0 Å². The number of aryl methyl sites for hydroxylation is 1. The second-order valence-corrected chi connectivity index (χ2v) is 6.02. The van der Waals surface area contributed by atoms with Gasteiger partial charge in [0.05, 0.1) is 12.0 Å². The van der Waals surface area contributed by atoms with E-state index in [2.05, 4.69) is 40.7 Å². The van der Waals surface area contributed by atoms with Crippen molar-refractivity contribution >= 4 is 0 Å². The SMILES string of the molecule is CC(C)N(C)CCCCn1cncc1CNC1CC1. The molecule has 0 bridgehead atoms. The summed E-state index contributed by atoms with van der Waals surface area (Å²) in [5.41, 5.74) is 1.32. The zero-order chi connectivity index (χ0) is 13.7. The third kappa shape index (κ3) is 4.96. The van der Waals surface area contributed by atoms with Crippen molar-refractivity contribution < 1.29 is 0 Å². The van der Waals surface area contributed by atoms with Gasteiger partial charge in [-0.3, -0.25) is 0 Å². The van der Waals surface area contributed by atoms with Gasteiger partial charge in [0.1, 0.15) is 0 Å². The van der Waals surface area contributed by atoms with Gasteiger partial charge in [-0.2, -0.15) is 0 Å². The predicted octanol–water partition coefficient (Wildman–Crippen LogP) is 2.26. The quantitative estimate of drug-likeness (QED) is 0.695. The van der Waals surface area contributed by atoms with Crippen molar-refractivity contribution in [2.75, 3.05) is 13.6 Å². The highest BCUT2D eigenvalue weighted by Crippen LogP contribution is 2.19. The Morgan fingerprint density at radius 1 is 1.42 bits per heavy atom. The van der Waals surface area contributed by atoms with E-state index >= 15 is 0 Å². The van der Waals surface area contributed by atoms with Gasteiger partial charge in [-0.05, 0) is 53.1 Å². The molecular weight excluding hydrogens is 236 g/mol. The van der Waals surface area contributed by atoms with Gasteiger partial charge < -0.3 is 14.8 Å². The third-order valence-electron chi connectivity index (χ3n) is 3.99. The maximum atomic E-state index is 4.28. The van der Waals surface area contributed by atoms with Crippen LogP contribution in [-0.4, -0.2) is 40.1 Å². The van der Waals surface area contributed by atoms with Crippen LogP contribution < -0.4 is 5.32 Å². The first kappa shape index (κ1) is 14.5.